The maximum Gasteiger partial charge on any atom is 0.337 e. The lowest BCUT2D eigenvalue weighted by Crippen LogP contribution is -2.09. The first kappa shape index (κ1) is 19.6. The molecule has 0 radical (unpaired) electrons. The van der Waals surface area contributed by atoms with Gasteiger partial charge in [0.15, 0.2) is 11.5 Å². The average molecular weight is 409 g/mol. The summed E-state index contributed by atoms with van der Waals surface area (Å²) in [5.41, 5.74) is 7.45. The zero-order valence-corrected chi connectivity index (χ0v) is 17.2. The first-order valence-electron chi connectivity index (χ1n) is 9.41. The Kier molecular flexibility index (Phi) is 5.22. The van der Waals surface area contributed by atoms with Gasteiger partial charge in [-0.1, -0.05) is 6.07 Å². The number of nitrogens with zero attached hydrogens (tertiary/aromatic N) is 1. The van der Waals surface area contributed by atoms with Crippen molar-refractivity contribution in [2.24, 2.45) is 5.10 Å². The van der Waals surface area contributed by atoms with Gasteiger partial charge in [-0.15, -0.1) is 0 Å². The number of ether oxygens (including phenoxy) is 4. The van der Waals surface area contributed by atoms with Gasteiger partial charge in [-0.05, 0) is 24.3 Å². The summed E-state index contributed by atoms with van der Waals surface area (Å²) in [5.74, 6) is 1.35. The molecule has 8 nitrogen and oxygen atoms in total. The summed E-state index contributed by atoms with van der Waals surface area (Å²) in [4.78, 5) is 15.0. The van der Waals surface area contributed by atoms with Crippen molar-refractivity contribution in [2.45, 2.75) is 12.5 Å². The number of fused-ring (bicyclic) bond motifs is 1. The van der Waals surface area contributed by atoms with E-state index in [1.54, 1.807) is 33.5 Å². The number of nitrogens with one attached hydrogen (secondary N) is 2. The molecule has 1 aromatic heterocycles. The normalized spacial score (nSPS) is 15.5. The van der Waals surface area contributed by atoms with Crippen molar-refractivity contribution in [3.63, 3.8) is 0 Å². The topological polar surface area (TPSA) is 94.2 Å². The van der Waals surface area contributed by atoms with Crippen LogP contribution in [0.4, 0.5) is 0 Å². The van der Waals surface area contributed by atoms with E-state index in [0.29, 0.717) is 29.2 Å². The molecule has 1 aliphatic rings. The van der Waals surface area contributed by atoms with E-state index in [4.69, 9.17) is 18.9 Å². The zero-order valence-electron chi connectivity index (χ0n) is 17.2. The highest BCUT2D eigenvalue weighted by atomic mass is 16.5. The Hall–Kier alpha value is -3.68. The summed E-state index contributed by atoms with van der Waals surface area (Å²) < 4.78 is 21.1. The highest BCUT2D eigenvalue weighted by molar-refractivity contribution is 6.03. The minimum absolute atomic E-state index is 0.00295. The molecule has 0 saturated heterocycles. The summed E-state index contributed by atoms with van der Waals surface area (Å²) in [7, 11) is 6.13. The highest BCUT2D eigenvalue weighted by Gasteiger charge is 2.26. The third-order valence-corrected chi connectivity index (χ3v) is 5.26. The van der Waals surface area contributed by atoms with Gasteiger partial charge in [-0.2, -0.15) is 5.10 Å². The smallest absolute Gasteiger partial charge is 0.337 e. The van der Waals surface area contributed by atoms with Crippen molar-refractivity contribution in [2.75, 3.05) is 28.4 Å². The third kappa shape index (κ3) is 3.30. The quantitative estimate of drug-likeness (QED) is 0.606. The minimum Gasteiger partial charge on any atom is -0.493 e. The summed E-state index contributed by atoms with van der Waals surface area (Å²) in [6, 6.07) is 9.26. The number of H-pyrrole nitrogens is 1. The second-order valence-corrected chi connectivity index (χ2v) is 6.85. The largest absolute Gasteiger partial charge is 0.493 e. The van der Waals surface area contributed by atoms with Crippen molar-refractivity contribution in [1.29, 1.82) is 0 Å². The van der Waals surface area contributed by atoms with Crippen LogP contribution in [0.15, 0.2) is 41.6 Å². The van der Waals surface area contributed by atoms with Crippen molar-refractivity contribution in [1.82, 2.24) is 10.4 Å². The van der Waals surface area contributed by atoms with Crippen molar-refractivity contribution in [3.05, 3.63) is 53.2 Å². The lowest BCUT2D eigenvalue weighted by atomic mass is 9.98. The second kappa shape index (κ2) is 7.98. The number of hydrogen-bond donors (Lipinski definition) is 2. The van der Waals surface area contributed by atoms with Gasteiger partial charge in [0.25, 0.3) is 0 Å². The Morgan fingerprint density at radius 2 is 1.77 bits per heavy atom. The van der Waals surface area contributed by atoms with Crippen LogP contribution in [-0.2, 0) is 4.74 Å². The lowest BCUT2D eigenvalue weighted by Gasteiger charge is -2.14. The van der Waals surface area contributed by atoms with E-state index in [0.717, 1.165) is 27.7 Å². The van der Waals surface area contributed by atoms with Crippen LogP contribution in [0.1, 0.15) is 33.9 Å². The molecular formula is C22H23N3O5. The predicted molar refractivity (Wildman–Crippen MR) is 113 cm³/mol. The van der Waals surface area contributed by atoms with E-state index < -0.39 is 0 Å². The Labute approximate surface area is 173 Å². The maximum absolute atomic E-state index is 11.8. The molecule has 4 rings (SSSR count). The molecule has 30 heavy (non-hydrogen) atoms. The number of methoxy groups -OCH3 is 4. The van der Waals surface area contributed by atoms with Gasteiger partial charge in [0.2, 0.25) is 5.75 Å². The van der Waals surface area contributed by atoms with Gasteiger partial charge in [-0.3, -0.25) is 0 Å². The van der Waals surface area contributed by atoms with Crippen molar-refractivity contribution in [3.8, 4) is 17.2 Å². The van der Waals surface area contributed by atoms with Gasteiger partial charge < -0.3 is 29.4 Å². The summed E-state index contributed by atoms with van der Waals surface area (Å²) in [6.07, 6.45) is 2.63. The van der Waals surface area contributed by atoms with E-state index in [9.17, 15) is 4.79 Å². The van der Waals surface area contributed by atoms with E-state index in [-0.39, 0.29) is 12.0 Å². The third-order valence-electron chi connectivity index (χ3n) is 5.26. The monoisotopic (exact) mass is 409 g/mol. The van der Waals surface area contributed by atoms with E-state index >= 15 is 0 Å². The van der Waals surface area contributed by atoms with E-state index in [1.807, 2.05) is 24.4 Å². The molecule has 8 heteroatoms. The SMILES string of the molecule is COC(=O)c1ccc2c(C3CC(c4cc(OC)c(OC)c(OC)c4)=NN3)c[nH]c2c1. The summed E-state index contributed by atoms with van der Waals surface area (Å²) in [6.45, 7) is 0. The standard InChI is InChI=1S/C22H23N3O5/c1-27-19-8-13(9-20(28-2)21(19)29-3)16-10-18(25-24-16)15-11-23-17-7-12(22(26)30-4)5-6-14(15)17/h5-9,11,18,23,25H,10H2,1-4H3. The van der Waals surface area contributed by atoms with Crippen LogP contribution in [0.5, 0.6) is 17.2 Å². The zero-order chi connectivity index (χ0) is 21.3. The maximum atomic E-state index is 11.8. The molecule has 2 N–H and O–H groups in total. The molecule has 0 spiro atoms. The molecule has 3 aromatic rings. The van der Waals surface area contributed by atoms with Crippen LogP contribution in [0.2, 0.25) is 0 Å². The minimum atomic E-state index is -0.361. The highest BCUT2D eigenvalue weighted by Crippen LogP contribution is 2.40. The van der Waals surface area contributed by atoms with E-state index in [2.05, 4.69) is 15.5 Å². The number of carbonyl (C=O) groups excluding carboxylic acids is 1. The average Bonchev–Trinajstić information content (AvgIpc) is 3.43. The fourth-order valence-corrected chi connectivity index (χ4v) is 3.73. The number of hydrogen-bond acceptors (Lipinski definition) is 7. The molecule has 1 atom stereocenters. The molecule has 0 bridgehead atoms. The second-order valence-electron chi connectivity index (χ2n) is 6.85. The number of aromatic nitrogens is 1. The number of benzene rings is 2. The van der Waals surface area contributed by atoms with Crippen LogP contribution in [0, 0.1) is 0 Å². The van der Waals surface area contributed by atoms with E-state index in [1.165, 1.54) is 7.11 Å². The van der Waals surface area contributed by atoms with Crippen molar-refractivity contribution >= 4 is 22.6 Å². The molecule has 1 unspecified atom stereocenters. The molecule has 0 amide bonds. The van der Waals surface area contributed by atoms with Crippen LogP contribution < -0.4 is 19.6 Å². The molecule has 2 aromatic carbocycles. The number of hydrazone groups is 1. The van der Waals surface area contributed by atoms with Gasteiger partial charge in [-0.25, -0.2) is 4.79 Å². The first-order valence-corrected chi connectivity index (χ1v) is 9.41. The van der Waals surface area contributed by atoms with Gasteiger partial charge in [0.05, 0.1) is 45.8 Å². The van der Waals surface area contributed by atoms with Crippen molar-refractivity contribution < 1.29 is 23.7 Å². The summed E-state index contributed by atoms with van der Waals surface area (Å²) >= 11 is 0. The molecule has 1 aliphatic heterocycles. The Bertz CT molecular complexity index is 1110. The van der Waals surface area contributed by atoms with Crippen LogP contribution >= 0.6 is 0 Å². The van der Waals surface area contributed by atoms with Gasteiger partial charge in [0, 0.05) is 34.6 Å². The molecule has 0 saturated carbocycles. The number of rotatable bonds is 6. The van der Waals surface area contributed by atoms with Crippen LogP contribution in [-0.4, -0.2) is 45.1 Å². The van der Waals surface area contributed by atoms with Gasteiger partial charge in [0.1, 0.15) is 0 Å². The Morgan fingerprint density at radius 1 is 1.03 bits per heavy atom. The Balaban J connectivity index is 1.61. The first-order chi connectivity index (χ1) is 14.6. The predicted octanol–water partition coefficient (Wildman–Crippen LogP) is 3.42. The molecule has 2 heterocycles. The number of carbonyl (C=O) groups is 1. The molecule has 156 valence electrons. The number of esters is 1. The molecule has 0 fully saturated rings. The summed E-state index contributed by atoms with van der Waals surface area (Å²) in [5, 5.41) is 5.57. The lowest BCUT2D eigenvalue weighted by molar-refractivity contribution is 0.0601. The molecule has 0 aliphatic carbocycles. The Morgan fingerprint density at radius 3 is 2.40 bits per heavy atom. The molecular weight excluding hydrogens is 386 g/mol. The number of aromatic amines is 1. The fraction of sp³-hybridized carbons (Fsp3) is 0.273. The fourth-order valence-electron chi connectivity index (χ4n) is 3.73. The van der Waals surface area contributed by atoms with Crippen LogP contribution in [0.25, 0.3) is 10.9 Å². The van der Waals surface area contributed by atoms with Crippen LogP contribution in [0.3, 0.4) is 0 Å². The van der Waals surface area contributed by atoms with Gasteiger partial charge >= 0.3 is 5.97 Å².